The Hall–Kier alpha value is -2.14. The standard InChI is InChI=1S/C13H10ClF2N3/c14-7-4-5-11(17)8(6-7)13(19-18)12-9(15)2-1-3-10(12)16/h1-6H,17-18H2. The van der Waals surface area contributed by atoms with Gasteiger partial charge in [0.05, 0.1) is 5.56 Å². The molecule has 0 aromatic heterocycles. The maximum atomic E-state index is 13.8. The molecular formula is C13H10ClF2N3. The highest BCUT2D eigenvalue weighted by Gasteiger charge is 2.19. The lowest BCUT2D eigenvalue weighted by Gasteiger charge is -2.11. The van der Waals surface area contributed by atoms with E-state index in [1.54, 1.807) is 6.07 Å². The van der Waals surface area contributed by atoms with Crippen LogP contribution in [0.1, 0.15) is 11.1 Å². The Balaban J connectivity index is 2.68. The number of rotatable bonds is 2. The zero-order chi connectivity index (χ0) is 14.0. The fourth-order valence-electron chi connectivity index (χ4n) is 1.73. The SMILES string of the molecule is NN=C(c1cc(Cl)ccc1N)c1c(F)cccc1F. The number of halogens is 3. The molecule has 3 nitrogen and oxygen atoms in total. The molecule has 0 unspecified atom stereocenters. The lowest BCUT2D eigenvalue weighted by Crippen LogP contribution is -2.13. The van der Waals surface area contributed by atoms with Crippen LogP contribution < -0.4 is 11.6 Å². The fourth-order valence-corrected chi connectivity index (χ4v) is 1.90. The second-order valence-electron chi connectivity index (χ2n) is 3.81. The summed E-state index contributed by atoms with van der Waals surface area (Å²) in [6, 6.07) is 8.01. The van der Waals surface area contributed by atoms with Gasteiger partial charge < -0.3 is 11.6 Å². The number of hydrogen-bond acceptors (Lipinski definition) is 3. The third-order valence-electron chi connectivity index (χ3n) is 2.60. The molecule has 2 rings (SSSR count). The molecule has 2 aromatic carbocycles. The van der Waals surface area contributed by atoms with Gasteiger partial charge in [-0.25, -0.2) is 8.78 Å². The molecule has 0 fully saturated rings. The van der Waals surface area contributed by atoms with Gasteiger partial charge in [0.15, 0.2) is 0 Å². The maximum absolute atomic E-state index is 13.8. The Kier molecular flexibility index (Phi) is 3.66. The molecule has 6 heteroatoms. The van der Waals surface area contributed by atoms with Crippen molar-refractivity contribution in [3.8, 4) is 0 Å². The van der Waals surface area contributed by atoms with Crippen molar-refractivity contribution < 1.29 is 8.78 Å². The highest BCUT2D eigenvalue weighted by Crippen LogP contribution is 2.24. The number of nitrogens with zero attached hydrogens (tertiary/aromatic N) is 1. The van der Waals surface area contributed by atoms with E-state index in [2.05, 4.69) is 5.10 Å². The van der Waals surface area contributed by atoms with Gasteiger partial charge in [0, 0.05) is 16.3 Å². The first-order valence-corrected chi connectivity index (χ1v) is 5.70. The molecule has 0 atom stereocenters. The average molecular weight is 282 g/mol. The molecule has 0 bridgehead atoms. The zero-order valence-corrected chi connectivity index (χ0v) is 10.5. The van der Waals surface area contributed by atoms with Crippen LogP contribution in [-0.4, -0.2) is 5.71 Å². The first-order valence-electron chi connectivity index (χ1n) is 5.32. The third kappa shape index (κ3) is 2.51. The average Bonchev–Trinajstić information content (AvgIpc) is 2.37. The molecule has 98 valence electrons. The second-order valence-corrected chi connectivity index (χ2v) is 4.24. The molecule has 2 aromatic rings. The van der Waals surface area contributed by atoms with Crippen LogP contribution in [0.5, 0.6) is 0 Å². The lowest BCUT2D eigenvalue weighted by molar-refractivity contribution is 0.579. The number of hydrazone groups is 1. The van der Waals surface area contributed by atoms with Crippen molar-refractivity contribution >= 4 is 23.0 Å². The summed E-state index contributed by atoms with van der Waals surface area (Å²) >= 11 is 5.85. The lowest BCUT2D eigenvalue weighted by atomic mass is 10.00. The molecule has 0 radical (unpaired) electrons. The van der Waals surface area contributed by atoms with E-state index in [0.29, 0.717) is 5.02 Å². The minimum atomic E-state index is -0.774. The van der Waals surface area contributed by atoms with Gasteiger partial charge in [-0.15, -0.1) is 0 Å². The predicted octanol–water partition coefficient (Wildman–Crippen LogP) is 2.91. The summed E-state index contributed by atoms with van der Waals surface area (Å²) in [4.78, 5) is 0. The summed E-state index contributed by atoms with van der Waals surface area (Å²) in [5, 5.41) is 3.81. The topological polar surface area (TPSA) is 64.4 Å². The number of hydrogen-bond donors (Lipinski definition) is 2. The van der Waals surface area contributed by atoms with E-state index in [4.69, 9.17) is 23.2 Å². The van der Waals surface area contributed by atoms with E-state index >= 15 is 0 Å². The van der Waals surface area contributed by atoms with E-state index < -0.39 is 11.6 Å². The van der Waals surface area contributed by atoms with Crippen LogP contribution in [0.3, 0.4) is 0 Å². The van der Waals surface area contributed by atoms with Crippen molar-refractivity contribution in [1.82, 2.24) is 0 Å². The van der Waals surface area contributed by atoms with Crippen molar-refractivity contribution in [2.24, 2.45) is 10.9 Å². The van der Waals surface area contributed by atoms with Gasteiger partial charge in [0.2, 0.25) is 0 Å². The van der Waals surface area contributed by atoms with Crippen LogP contribution in [0, 0.1) is 11.6 Å². The van der Waals surface area contributed by atoms with Crippen LogP contribution in [-0.2, 0) is 0 Å². The first-order chi connectivity index (χ1) is 9.04. The Labute approximate surface area is 113 Å². The van der Waals surface area contributed by atoms with Crippen LogP contribution in [0.15, 0.2) is 41.5 Å². The van der Waals surface area contributed by atoms with Gasteiger partial charge in [0.25, 0.3) is 0 Å². The molecule has 0 heterocycles. The molecule has 0 amide bonds. The highest BCUT2D eigenvalue weighted by molar-refractivity contribution is 6.31. The van der Waals surface area contributed by atoms with Crippen LogP contribution in [0.4, 0.5) is 14.5 Å². The Morgan fingerprint density at radius 1 is 1.11 bits per heavy atom. The first kappa shape index (κ1) is 13.3. The Bertz CT molecular complexity index is 636. The fraction of sp³-hybridized carbons (Fsp3) is 0. The summed E-state index contributed by atoms with van der Waals surface area (Å²) in [6.45, 7) is 0. The quantitative estimate of drug-likeness (QED) is 0.385. The Morgan fingerprint density at radius 2 is 1.74 bits per heavy atom. The minimum absolute atomic E-state index is 0.0874. The minimum Gasteiger partial charge on any atom is -0.398 e. The summed E-state index contributed by atoms with van der Waals surface area (Å²) in [5.74, 6) is 3.70. The number of benzene rings is 2. The molecule has 0 saturated heterocycles. The molecule has 4 N–H and O–H groups in total. The summed E-state index contributed by atoms with van der Waals surface area (Å²) < 4.78 is 27.5. The number of anilines is 1. The molecular weight excluding hydrogens is 272 g/mol. The molecule has 0 aliphatic carbocycles. The normalized spacial score (nSPS) is 11.6. The van der Waals surface area contributed by atoms with Gasteiger partial charge in [-0.2, -0.15) is 5.10 Å². The van der Waals surface area contributed by atoms with Gasteiger partial charge in [0.1, 0.15) is 17.3 Å². The van der Waals surface area contributed by atoms with E-state index in [0.717, 1.165) is 12.1 Å². The van der Waals surface area contributed by atoms with E-state index in [1.165, 1.54) is 18.2 Å². The predicted molar refractivity (Wildman–Crippen MR) is 72.0 cm³/mol. The molecule has 0 aliphatic heterocycles. The van der Waals surface area contributed by atoms with Crippen molar-refractivity contribution in [2.75, 3.05) is 5.73 Å². The third-order valence-corrected chi connectivity index (χ3v) is 2.83. The van der Waals surface area contributed by atoms with Gasteiger partial charge in [-0.05, 0) is 30.3 Å². The smallest absolute Gasteiger partial charge is 0.135 e. The van der Waals surface area contributed by atoms with Crippen molar-refractivity contribution in [1.29, 1.82) is 0 Å². The Morgan fingerprint density at radius 3 is 2.32 bits per heavy atom. The van der Waals surface area contributed by atoms with E-state index in [-0.39, 0.29) is 22.5 Å². The summed E-state index contributed by atoms with van der Waals surface area (Å²) in [7, 11) is 0. The van der Waals surface area contributed by atoms with Gasteiger partial charge >= 0.3 is 0 Å². The second kappa shape index (κ2) is 5.24. The molecule has 19 heavy (non-hydrogen) atoms. The number of nitrogen functional groups attached to an aromatic ring is 1. The van der Waals surface area contributed by atoms with Crippen molar-refractivity contribution in [2.45, 2.75) is 0 Å². The summed E-state index contributed by atoms with van der Waals surface area (Å²) in [6.07, 6.45) is 0. The summed E-state index contributed by atoms with van der Waals surface area (Å²) in [5.41, 5.74) is 5.89. The van der Waals surface area contributed by atoms with E-state index in [9.17, 15) is 8.78 Å². The molecule has 0 aliphatic rings. The number of nitrogens with two attached hydrogens (primary N) is 2. The van der Waals surface area contributed by atoms with Crippen molar-refractivity contribution in [3.63, 3.8) is 0 Å². The maximum Gasteiger partial charge on any atom is 0.135 e. The molecule has 0 saturated carbocycles. The molecule has 0 spiro atoms. The van der Waals surface area contributed by atoms with Crippen LogP contribution >= 0.6 is 11.6 Å². The van der Waals surface area contributed by atoms with Crippen LogP contribution in [0.25, 0.3) is 0 Å². The van der Waals surface area contributed by atoms with E-state index in [1.807, 2.05) is 0 Å². The van der Waals surface area contributed by atoms with Crippen molar-refractivity contribution in [3.05, 3.63) is 64.2 Å². The zero-order valence-electron chi connectivity index (χ0n) is 9.70. The van der Waals surface area contributed by atoms with Gasteiger partial charge in [-0.3, -0.25) is 0 Å². The van der Waals surface area contributed by atoms with Crippen LogP contribution in [0.2, 0.25) is 5.02 Å². The largest absolute Gasteiger partial charge is 0.398 e. The highest BCUT2D eigenvalue weighted by atomic mass is 35.5. The van der Waals surface area contributed by atoms with Gasteiger partial charge in [-0.1, -0.05) is 17.7 Å². The monoisotopic (exact) mass is 281 g/mol.